The molecule has 0 bridgehead atoms. The fourth-order valence-electron chi connectivity index (χ4n) is 4.00. The maximum atomic E-state index is 12.8. The minimum absolute atomic E-state index is 0.0346. The number of nitrogens with zero attached hydrogens (tertiary/aromatic N) is 1. The summed E-state index contributed by atoms with van der Waals surface area (Å²) in [6.45, 7) is 3.16. The predicted octanol–water partition coefficient (Wildman–Crippen LogP) is 2.43. The molecule has 0 aromatic heterocycles. The van der Waals surface area contributed by atoms with E-state index in [1.165, 1.54) is 31.3 Å². The summed E-state index contributed by atoms with van der Waals surface area (Å²) >= 11 is 0. The summed E-state index contributed by atoms with van der Waals surface area (Å²) in [7, 11) is 0. The van der Waals surface area contributed by atoms with E-state index < -0.39 is 0 Å². The van der Waals surface area contributed by atoms with Crippen LogP contribution in [0.5, 0.6) is 0 Å². The second-order valence-corrected chi connectivity index (χ2v) is 7.24. The molecule has 2 aliphatic carbocycles. The minimum Gasteiger partial charge on any atom is -0.378 e. The Bertz CT molecular complexity index is 535. The summed E-state index contributed by atoms with van der Waals surface area (Å²) in [6, 6.07) is 0. The number of amides is 2. The molecule has 5 heteroatoms. The van der Waals surface area contributed by atoms with Crippen LogP contribution in [-0.4, -0.2) is 49.6 Å². The highest BCUT2D eigenvalue weighted by molar-refractivity contribution is 5.88. The van der Waals surface area contributed by atoms with Crippen LogP contribution in [0, 0.1) is 11.8 Å². The first-order chi connectivity index (χ1) is 12.3. The Kier molecular flexibility index (Phi) is 6.68. The summed E-state index contributed by atoms with van der Waals surface area (Å²) in [5, 5.41) is 3.08. The third-order valence-electron chi connectivity index (χ3n) is 5.54. The lowest BCUT2D eigenvalue weighted by Crippen LogP contribution is -2.48. The molecule has 1 heterocycles. The van der Waals surface area contributed by atoms with Crippen LogP contribution in [0.15, 0.2) is 23.8 Å². The minimum atomic E-state index is -0.235. The topological polar surface area (TPSA) is 58.6 Å². The Balaban J connectivity index is 1.52. The van der Waals surface area contributed by atoms with Gasteiger partial charge in [0.05, 0.1) is 25.0 Å². The highest BCUT2D eigenvalue weighted by atomic mass is 16.5. The van der Waals surface area contributed by atoms with Crippen molar-refractivity contribution >= 4 is 11.8 Å². The van der Waals surface area contributed by atoms with Crippen LogP contribution < -0.4 is 5.32 Å². The highest BCUT2D eigenvalue weighted by Gasteiger charge is 2.36. The Morgan fingerprint density at radius 2 is 1.88 bits per heavy atom. The summed E-state index contributed by atoms with van der Waals surface area (Å²) in [4.78, 5) is 27.4. The largest absolute Gasteiger partial charge is 0.378 e. The van der Waals surface area contributed by atoms with Crippen LogP contribution >= 0.6 is 0 Å². The molecule has 2 amide bonds. The number of rotatable bonds is 5. The average Bonchev–Trinajstić information content (AvgIpc) is 2.69. The first-order valence-corrected chi connectivity index (χ1v) is 9.73. The van der Waals surface area contributed by atoms with Crippen molar-refractivity contribution in [3.63, 3.8) is 0 Å². The maximum Gasteiger partial charge on any atom is 0.226 e. The number of hydrogen-bond acceptors (Lipinski definition) is 3. The molecule has 1 N–H and O–H groups in total. The number of carbonyl (C=O) groups excluding carboxylic acids is 2. The van der Waals surface area contributed by atoms with Crippen LogP contribution in [0.4, 0.5) is 0 Å². The van der Waals surface area contributed by atoms with E-state index in [0.29, 0.717) is 45.7 Å². The molecule has 0 unspecified atom stereocenters. The standard InChI is InChI=1S/C20H30N2O3/c23-19(21-11-10-16-6-2-1-3-7-16)17-8-4-5-9-18(17)20(24)22-12-14-25-15-13-22/h4-6,17-18H,1-3,7-15H2,(H,21,23)/t17-,18+/m0/s1. The number of carbonyl (C=O) groups is 2. The average molecular weight is 346 g/mol. The van der Waals surface area contributed by atoms with E-state index in [1.54, 1.807) is 0 Å². The molecule has 2 atom stereocenters. The van der Waals surface area contributed by atoms with E-state index in [0.717, 1.165) is 6.42 Å². The van der Waals surface area contributed by atoms with Gasteiger partial charge < -0.3 is 15.0 Å². The van der Waals surface area contributed by atoms with E-state index in [4.69, 9.17) is 4.74 Å². The van der Waals surface area contributed by atoms with Gasteiger partial charge in [0.25, 0.3) is 0 Å². The molecule has 0 spiro atoms. The molecule has 3 aliphatic rings. The number of nitrogens with one attached hydrogen (secondary N) is 1. The van der Waals surface area contributed by atoms with Crippen molar-refractivity contribution in [2.24, 2.45) is 11.8 Å². The summed E-state index contributed by atoms with van der Waals surface area (Å²) in [6.07, 6.45) is 13.6. The Morgan fingerprint density at radius 3 is 2.60 bits per heavy atom. The van der Waals surface area contributed by atoms with Gasteiger partial charge in [-0.1, -0.05) is 23.8 Å². The number of allylic oxidation sites excluding steroid dienone is 3. The van der Waals surface area contributed by atoms with Gasteiger partial charge in [-0.25, -0.2) is 0 Å². The molecule has 25 heavy (non-hydrogen) atoms. The van der Waals surface area contributed by atoms with Crippen molar-refractivity contribution < 1.29 is 14.3 Å². The zero-order chi connectivity index (χ0) is 17.5. The van der Waals surface area contributed by atoms with E-state index in [-0.39, 0.29) is 23.7 Å². The monoisotopic (exact) mass is 346 g/mol. The van der Waals surface area contributed by atoms with E-state index in [2.05, 4.69) is 11.4 Å². The second kappa shape index (κ2) is 9.18. The smallest absolute Gasteiger partial charge is 0.226 e. The molecule has 1 saturated heterocycles. The van der Waals surface area contributed by atoms with Crippen LogP contribution in [-0.2, 0) is 14.3 Å². The van der Waals surface area contributed by atoms with Crippen LogP contribution in [0.1, 0.15) is 44.9 Å². The summed E-state index contributed by atoms with van der Waals surface area (Å²) < 4.78 is 5.33. The van der Waals surface area contributed by atoms with Gasteiger partial charge in [-0.3, -0.25) is 9.59 Å². The molecule has 0 aromatic carbocycles. The Morgan fingerprint density at radius 1 is 1.12 bits per heavy atom. The summed E-state index contributed by atoms with van der Waals surface area (Å²) in [5.74, 6) is -0.312. The van der Waals surface area contributed by atoms with Gasteiger partial charge in [-0.05, 0) is 44.9 Å². The molecule has 0 radical (unpaired) electrons. The SMILES string of the molecule is O=C(NCCC1=CCCCC1)[C@H]1CC=CC[C@H]1C(=O)N1CCOCC1. The van der Waals surface area contributed by atoms with E-state index >= 15 is 0 Å². The van der Waals surface area contributed by atoms with Crippen molar-refractivity contribution in [1.29, 1.82) is 0 Å². The van der Waals surface area contributed by atoms with Crippen LogP contribution in [0.25, 0.3) is 0 Å². The van der Waals surface area contributed by atoms with E-state index in [9.17, 15) is 9.59 Å². The van der Waals surface area contributed by atoms with Crippen LogP contribution in [0.2, 0.25) is 0 Å². The van der Waals surface area contributed by atoms with Crippen molar-refractivity contribution in [2.45, 2.75) is 44.9 Å². The lowest BCUT2D eigenvalue weighted by atomic mass is 9.81. The molecule has 5 nitrogen and oxygen atoms in total. The number of morpholine rings is 1. The zero-order valence-corrected chi connectivity index (χ0v) is 15.0. The van der Waals surface area contributed by atoms with Gasteiger partial charge in [0.2, 0.25) is 11.8 Å². The van der Waals surface area contributed by atoms with Gasteiger partial charge in [0.1, 0.15) is 0 Å². The first kappa shape index (κ1) is 18.2. The van der Waals surface area contributed by atoms with Gasteiger partial charge in [-0.2, -0.15) is 0 Å². The van der Waals surface area contributed by atoms with Gasteiger partial charge >= 0.3 is 0 Å². The highest BCUT2D eigenvalue weighted by Crippen LogP contribution is 2.28. The molecule has 0 saturated carbocycles. The molecule has 0 aromatic rings. The molecular weight excluding hydrogens is 316 g/mol. The fourth-order valence-corrected chi connectivity index (χ4v) is 4.00. The third-order valence-corrected chi connectivity index (χ3v) is 5.54. The lowest BCUT2D eigenvalue weighted by molar-refractivity contribution is -0.145. The van der Waals surface area contributed by atoms with Crippen molar-refractivity contribution in [3.05, 3.63) is 23.8 Å². The zero-order valence-electron chi connectivity index (χ0n) is 15.0. The molecular formula is C20H30N2O3. The van der Waals surface area contributed by atoms with E-state index in [1.807, 2.05) is 17.1 Å². The Labute approximate surface area is 150 Å². The molecule has 1 aliphatic heterocycles. The number of hydrogen-bond donors (Lipinski definition) is 1. The normalized spacial score (nSPS) is 26.9. The van der Waals surface area contributed by atoms with Gasteiger partial charge in [0, 0.05) is 19.6 Å². The van der Waals surface area contributed by atoms with Crippen molar-refractivity contribution in [1.82, 2.24) is 10.2 Å². The number of ether oxygens (including phenoxy) is 1. The quantitative estimate of drug-likeness (QED) is 0.778. The molecule has 3 rings (SSSR count). The van der Waals surface area contributed by atoms with Crippen LogP contribution in [0.3, 0.4) is 0 Å². The third kappa shape index (κ3) is 4.94. The second-order valence-electron chi connectivity index (χ2n) is 7.24. The predicted molar refractivity (Wildman–Crippen MR) is 96.9 cm³/mol. The summed E-state index contributed by atoms with van der Waals surface area (Å²) in [5.41, 5.74) is 1.47. The van der Waals surface area contributed by atoms with Crippen molar-refractivity contribution in [3.8, 4) is 0 Å². The lowest BCUT2D eigenvalue weighted by Gasteiger charge is -2.34. The fraction of sp³-hybridized carbons (Fsp3) is 0.700. The first-order valence-electron chi connectivity index (χ1n) is 9.73. The maximum absolute atomic E-state index is 12.8. The van der Waals surface area contributed by atoms with Gasteiger partial charge in [-0.15, -0.1) is 0 Å². The van der Waals surface area contributed by atoms with Crippen molar-refractivity contribution in [2.75, 3.05) is 32.8 Å². The molecule has 1 fully saturated rings. The Hall–Kier alpha value is -1.62. The van der Waals surface area contributed by atoms with Gasteiger partial charge in [0.15, 0.2) is 0 Å². The molecule has 138 valence electrons.